The van der Waals surface area contributed by atoms with Crippen molar-refractivity contribution < 1.29 is 0 Å². The Morgan fingerprint density at radius 3 is 2.35 bits per heavy atom. The highest BCUT2D eigenvalue weighted by Gasteiger charge is 1.94. The number of azo groups is 1. The lowest BCUT2D eigenvalue weighted by Gasteiger charge is -1.93. The molecule has 1 aromatic heterocycles. The van der Waals surface area contributed by atoms with Crippen molar-refractivity contribution in [1.29, 1.82) is 0 Å². The fourth-order valence-electron chi connectivity index (χ4n) is 1.16. The Morgan fingerprint density at radius 1 is 1.00 bits per heavy atom. The van der Waals surface area contributed by atoms with E-state index >= 15 is 0 Å². The number of nitrogens with zero attached hydrogens (tertiary/aromatic N) is 2. The first-order valence-corrected chi connectivity index (χ1v) is 4.74. The van der Waals surface area contributed by atoms with Crippen LogP contribution in [0, 0.1) is 0 Å². The second kappa shape index (κ2) is 4.44. The largest absolute Gasteiger partial charge is 0.399 e. The van der Waals surface area contributed by atoms with Gasteiger partial charge in [-0.3, -0.25) is 14.8 Å². The number of anilines is 1. The molecule has 7 heteroatoms. The topological polar surface area (TPSA) is 116 Å². The summed E-state index contributed by atoms with van der Waals surface area (Å²) in [5.74, 6) is 0.0931. The SMILES string of the molecule is Nc1ccc(N=Nc2cc(=O)[nH]c(=O)[nH]2)cc1. The Kier molecular flexibility index (Phi) is 2.82. The van der Waals surface area contributed by atoms with Gasteiger partial charge in [-0.25, -0.2) is 4.79 Å². The van der Waals surface area contributed by atoms with E-state index in [1.165, 1.54) is 0 Å². The highest BCUT2D eigenvalue weighted by atomic mass is 16.2. The Labute approximate surface area is 95.0 Å². The number of H-pyrrole nitrogens is 2. The minimum atomic E-state index is -0.622. The molecule has 0 radical (unpaired) electrons. The molecule has 2 aromatic rings. The highest BCUT2D eigenvalue weighted by Crippen LogP contribution is 2.16. The molecule has 0 aliphatic heterocycles. The third-order valence-electron chi connectivity index (χ3n) is 1.91. The second-order valence-electron chi connectivity index (χ2n) is 3.26. The molecule has 0 spiro atoms. The summed E-state index contributed by atoms with van der Waals surface area (Å²) in [5, 5.41) is 7.58. The second-order valence-corrected chi connectivity index (χ2v) is 3.26. The highest BCUT2D eigenvalue weighted by molar-refractivity contribution is 5.47. The van der Waals surface area contributed by atoms with Gasteiger partial charge in [0.2, 0.25) is 0 Å². The van der Waals surface area contributed by atoms with Crippen LogP contribution in [0.15, 0.2) is 50.1 Å². The standard InChI is InChI=1S/C10H9N5O2/c11-6-1-3-7(4-2-6)14-15-8-5-9(16)13-10(17)12-8/h1-5H,11H2,(H2,12,13,16,17). The summed E-state index contributed by atoms with van der Waals surface area (Å²) in [6, 6.07) is 7.83. The number of rotatable bonds is 2. The van der Waals surface area contributed by atoms with Crippen molar-refractivity contribution in [3.8, 4) is 0 Å². The minimum Gasteiger partial charge on any atom is -0.399 e. The van der Waals surface area contributed by atoms with Crippen molar-refractivity contribution in [2.45, 2.75) is 0 Å². The Balaban J connectivity index is 2.28. The predicted molar refractivity (Wildman–Crippen MR) is 62.7 cm³/mol. The van der Waals surface area contributed by atoms with Crippen LogP contribution in [-0.2, 0) is 0 Å². The molecule has 1 heterocycles. The maximum absolute atomic E-state index is 11.0. The monoisotopic (exact) mass is 231 g/mol. The van der Waals surface area contributed by atoms with Crippen molar-refractivity contribution in [1.82, 2.24) is 9.97 Å². The van der Waals surface area contributed by atoms with Crippen LogP contribution in [0.5, 0.6) is 0 Å². The van der Waals surface area contributed by atoms with Crippen molar-refractivity contribution in [2.75, 3.05) is 5.73 Å². The first-order valence-electron chi connectivity index (χ1n) is 4.74. The average molecular weight is 231 g/mol. The van der Waals surface area contributed by atoms with Crippen molar-refractivity contribution in [3.63, 3.8) is 0 Å². The summed E-state index contributed by atoms with van der Waals surface area (Å²) in [5.41, 5.74) is 5.55. The summed E-state index contributed by atoms with van der Waals surface area (Å²) in [4.78, 5) is 26.3. The Bertz CT molecular complexity index is 625. The molecule has 0 saturated heterocycles. The van der Waals surface area contributed by atoms with Crippen LogP contribution in [-0.4, -0.2) is 9.97 Å². The molecule has 0 saturated carbocycles. The molecular weight excluding hydrogens is 222 g/mol. The van der Waals surface area contributed by atoms with E-state index in [0.717, 1.165) is 6.07 Å². The molecule has 0 unspecified atom stereocenters. The zero-order valence-electron chi connectivity index (χ0n) is 8.68. The average Bonchev–Trinajstić information content (AvgIpc) is 2.27. The molecule has 4 N–H and O–H groups in total. The summed E-state index contributed by atoms with van der Waals surface area (Å²) in [6.07, 6.45) is 0. The van der Waals surface area contributed by atoms with Crippen molar-refractivity contribution >= 4 is 17.2 Å². The number of nitrogens with one attached hydrogen (secondary N) is 2. The maximum atomic E-state index is 11.0. The quantitative estimate of drug-likeness (QED) is 0.529. The van der Waals surface area contributed by atoms with Crippen LogP contribution < -0.4 is 17.0 Å². The van der Waals surface area contributed by atoms with Gasteiger partial charge in [0, 0.05) is 11.8 Å². The number of benzene rings is 1. The molecule has 0 atom stereocenters. The number of nitrogens with two attached hydrogens (primary N) is 1. The molecule has 0 aliphatic carbocycles. The van der Waals surface area contributed by atoms with Gasteiger partial charge in [-0.1, -0.05) is 0 Å². The van der Waals surface area contributed by atoms with Gasteiger partial charge in [-0.05, 0) is 24.3 Å². The van der Waals surface area contributed by atoms with Crippen molar-refractivity contribution in [3.05, 3.63) is 51.2 Å². The molecule has 17 heavy (non-hydrogen) atoms. The van der Waals surface area contributed by atoms with Gasteiger partial charge in [0.05, 0.1) is 5.69 Å². The molecule has 1 aromatic carbocycles. The van der Waals surface area contributed by atoms with Crippen LogP contribution in [0.3, 0.4) is 0 Å². The Hall–Kier alpha value is -2.70. The molecule has 7 nitrogen and oxygen atoms in total. The summed E-state index contributed by atoms with van der Waals surface area (Å²) in [6.45, 7) is 0. The van der Waals surface area contributed by atoms with Crippen LogP contribution in [0.1, 0.15) is 0 Å². The third-order valence-corrected chi connectivity index (χ3v) is 1.91. The van der Waals surface area contributed by atoms with Gasteiger partial charge < -0.3 is 5.73 Å². The normalized spacial score (nSPS) is 10.8. The molecule has 0 aliphatic rings. The van der Waals surface area contributed by atoms with Crippen molar-refractivity contribution in [2.24, 2.45) is 10.2 Å². The lowest BCUT2D eigenvalue weighted by Crippen LogP contribution is -2.20. The lowest BCUT2D eigenvalue weighted by atomic mass is 10.3. The molecular formula is C10H9N5O2. The summed E-state index contributed by atoms with van der Waals surface area (Å²) in [7, 11) is 0. The minimum absolute atomic E-state index is 0.0931. The zero-order valence-corrected chi connectivity index (χ0v) is 8.68. The number of hydrogen-bond donors (Lipinski definition) is 3. The van der Waals surface area contributed by atoms with Crippen LogP contribution in [0.2, 0.25) is 0 Å². The fraction of sp³-hybridized carbons (Fsp3) is 0. The lowest BCUT2D eigenvalue weighted by molar-refractivity contribution is 1.01. The van der Waals surface area contributed by atoms with Crippen LogP contribution in [0.4, 0.5) is 17.2 Å². The number of hydrogen-bond acceptors (Lipinski definition) is 5. The van der Waals surface area contributed by atoms with E-state index in [-0.39, 0.29) is 5.82 Å². The molecule has 86 valence electrons. The predicted octanol–water partition coefficient (Wildman–Crippen LogP) is 1.06. The van der Waals surface area contributed by atoms with E-state index in [2.05, 4.69) is 15.2 Å². The van der Waals surface area contributed by atoms with E-state index in [9.17, 15) is 9.59 Å². The van der Waals surface area contributed by atoms with Gasteiger partial charge >= 0.3 is 5.69 Å². The van der Waals surface area contributed by atoms with E-state index < -0.39 is 11.2 Å². The van der Waals surface area contributed by atoms with Gasteiger partial charge in [-0.2, -0.15) is 0 Å². The fourth-order valence-corrected chi connectivity index (χ4v) is 1.16. The summed E-state index contributed by atoms with van der Waals surface area (Å²) >= 11 is 0. The number of aromatic amines is 2. The third kappa shape index (κ3) is 2.88. The van der Waals surface area contributed by atoms with Gasteiger partial charge in [0.25, 0.3) is 5.56 Å². The molecule has 2 rings (SSSR count). The van der Waals surface area contributed by atoms with Gasteiger partial charge in [-0.15, -0.1) is 10.2 Å². The van der Waals surface area contributed by atoms with Crippen LogP contribution >= 0.6 is 0 Å². The van der Waals surface area contributed by atoms with Crippen LogP contribution in [0.25, 0.3) is 0 Å². The van der Waals surface area contributed by atoms with Gasteiger partial charge in [0.15, 0.2) is 5.82 Å². The Morgan fingerprint density at radius 2 is 1.71 bits per heavy atom. The van der Waals surface area contributed by atoms with E-state index in [1.54, 1.807) is 24.3 Å². The zero-order chi connectivity index (χ0) is 12.3. The number of aromatic nitrogens is 2. The first kappa shape index (κ1) is 10.8. The first-order chi connectivity index (χ1) is 8.13. The van der Waals surface area contributed by atoms with Gasteiger partial charge in [0.1, 0.15) is 0 Å². The molecule has 0 bridgehead atoms. The molecule has 0 fully saturated rings. The van der Waals surface area contributed by atoms with E-state index in [4.69, 9.17) is 5.73 Å². The molecule has 0 amide bonds. The smallest absolute Gasteiger partial charge is 0.327 e. The maximum Gasteiger partial charge on any atom is 0.327 e. The summed E-state index contributed by atoms with van der Waals surface area (Å²) < 4.78 is 0. The van der Waals surface area contributed by atoms with E-state index in [1.807, 2.05) is 4.98 Å². The van der Waals surface area contributed by atoms with E-state index in [0.29, 0.717) is 11.4 Å². The number of nitrogen functional groups attached to an aromatic ring is 1.